The van der Waals surface area contributed by atoms with Crippen LogP contribution in [0.25, 0.3) is 0 Å². The maximum absolute atomic E-state index is 13.0. The first-order valence-corrected chi connectivity index (χ1v) is 14.3. The van der Waals surface area contributed by atoms with Crippen LogP contribution in [-0.4, -0.2) is 50.1 Å². The minimum absolute atomic E-state index is 0.0187. The van der Waals surface area contributed by atoms with Crippen molar-refractivity contribution in [1.29, 1.82) is 0 Å². The molecule has 0 radical (unpaired) electrons. The van der Waals surface area contributed by atoms with Crippen molar-refractivity contribution in [2.75, 3.05) is 19.8 Å². The molecule has 0 spiro atoms. The Labute approximate surface area is 234 Å². The van der Waals surface area contributed by atoms with Crippen LogP contribution in [0.2, 0.25) is 0 Å². The molecule has 0 bridgehead atoms. The summed E-state index contributed by atoms with van der Waals surface area (Å²) in [4.78, 5) is 0. The van der Waals surface area contributed by atoms with E-state index in [1.54, 1.807) is 0 Å². The van der Waals surface area contributed by atoms with Gasteiger partial charge in [-0.3, -0.25) is 0 Å². The van der Waals surface area contributed by atoms with Gasteiger partial charge in [-0.15, -0.1) is 0 Å². The summed E-state index contributed by atoms with van der Waals surface area (Å²) in [6, 6.07) is 6.38. The lowest BCUT2D eigenvalue weighted by molar-refractivity contribution is -0.457. The lowest BCUT2D eigenvalue weighted by Gasteiger charge is -2.50. The fourth-order valence-corrected chi connectivity index (χ4v) is 7.48. The predicted octanol–water partition coefficient (Wildman–Crippen LogP) is 8.94. The molecule has 4 rings (SSSR count). The monoisotopic (exact) mass is 604 g/mol. The maximum atomic E-state index is 13.0. The third-order valence-electron chi connectivity index (χ3n) is 9.46. The summed E-state index contributed by atoms with van der Waals surface area (Å²) in [5, 5.41) is 0. The molecule has 3 aliphatic carbocycles. The van der Waals surface area contributed by atoms with E-state index in [1.807, 2.05) is 6.07 Å². The molecule has 234 valence electrons. The van der Waals surface area contributed by atoms with Crippen LogP contribution in [0.5, 0.6) is 5.75 Å². The van der Waals surface area contributed by atoms with Gasteiger partial charge in [0.05, 0.1) is 12.7 Å². The SMILES string of the molecule is CCCOc1ccc2c(c1)CCC1C2CCC2(C)C(OCCCCOC(C(F)(F)F)(C(F)(F)F)C(F)(F)F)CCC12. The Hall–Kier alpha value is -1.69. The van der Waals surface area contributed by atoms with Crippen molar-refractivity contribution in [1.82, 2.24) is 0 Å². The van der Waals surface area contributed by atoms with Crippen LogP contribution in [0.15, 0.2) is 18.2 Å². The predicted molar refractivity (Wildman–Crippen MR) is 133 cm³/mol. The van der Waals surface area contributed by atoms with Gasteiger partial charge in [0.2, 0.25) is 0 Å². The fourth-order valence-electron chi connectivity index (χ4n) is 7.48. The Morgan fingerprint density at radius 2 is 1.49 bits per heavy atom. The van der Waals surface area contributed by atoms with E-state index in [0.717, 1.165) is 50.7 Å². The van der Waals surface area contributed by atoms with Gasteiger partial charge in [0.1, 0.15) is 5.75 Å². The van der Waals surface area contributed by atoms with E-state index in [0.29, 0.717) is 24.4 Å². The molecule has 1 aromatic carbocycles. The number of hydrogen-bond acceptors (Lipinski definition) is 3. The molecule has 0 amide bonds. The molecule has 1 aromatic rings. The van der Waals surface area contributed by atoms with Crippen molar-refractivity contribution in [3.05, 3.63) is 29.3 Å². The number of hydrogen-bond donors (Lipinski definition) is 0. The molecule has 2 fully saturated rings. The zero-order valence-electron chi connectivity index (χ0n) is 23.2. The quantitative estimate of drug-likeness (QED) is 0.197. The molecular formula is C29H37F9O3. The van der Waals surface area contributed by atoms with E-state index in [1.165, 1.54) is 11.1 Å². The molecule has 41 heavy (non-hydrogen) atoms. The van der Waals surface area contributed by atoms with Gasteiger partial charge in [0.15, 0.2) is 0 Å². The first-order chi connectivity index (χ1) is 19.1. The summed E-state index contributed by atoms with van der Waals surface area (Å²) in [6.07, 6.45) is -14.1. The number of rotatable bonds is 10. The molecule has 0 aromatic heterocycles. The molecule has 0 saturated heterocycles. The van der Waals surface area contributed by atoms with Gasteiger partial charge in [-0.25, -0.2) is 0 Å². The highest BCUT2D eigenvalue weighted by Crippen LogP contribution is 2.62. The van der Waals surface area contributed by atoms with Crippen LogP contribution in [-0.2, 0) is 15.9 Å². The zero-order valence-corrected chi connectivity index (χ0v) is 23.2. The molecule has 5 atom stereocenters. The number of halogens is 9. The fraction of sp³-hybridized carbons (Fsp3) is 0.793. The maximum Gasteiger partial charge on any atom is 0.435 e. The first kappa shape index (κ1) is 32.2. The molecule has 0 N–H and O–H groups in total. The van der Waals surface area contributed by atoms with Crippen LogP contribution < -0.4 is 4.74 Å². The van der Waals surface area contributed by atoms with Crippen LogP contribution in [0.3, 0.4) is 0 Å². The standard InChI is InChI=1S/C29H37F9O3/c1-3-14-39-19-7-9-20-18(17-19)6-8-22-21(20)12-13-25(2)23(22)10-11-24(25)40-15-4-5-16-41-26(27(30,31)32,28(33,34)35)29(36,37)38/h7,9,17,21-24H,3-6,8,10-16H2,1-2H3. The van der Waals surface area contributed by atoms with Gasteiger partial charge in [-0.05, 0) is 104 Å². The first-order valence-electron chi connectivity index (χ1n) is 14.3. The third kappa shape index (κ3) is 5.93. The van der Waals surface area contributed by atoms with E-state index in [-0.39, 0.29) is 24.5 Å². The Balaban J connectivity index is 1.31. The molecule has 12 heteroatoms. The molecule has 3 nitrogen and oxygen atoms in total. The largest absolute Gasteiger partial charge is 0.494 e. The molecule has 2 saturated carbocycles. The van der Waals surface area contributed by atoms with E-state index >= 15 is 0 Å². The summed E-state index contributed by atoms with van der Waals surface area (Å²) < 4.78 is 133. The van der Waals surface area contributed by atoms with Crippen LogP contribution in [0, 0.1) is 17.3 Å². The highest BCUT2D eigenvalue weighted by atomic mass is 19.4. The molecule has 0 heterocycles. The minimum atomic E-state index is -6.71. The number of benzene rings is 1. The number of ether oxygens (including phenoxy) is 3. The van der Waals surface area contributed by atoms with Gasteiger partial charge in [0, 0.05) is 13.2 Å². The number of unbranched alkanes of at least 4 members (excludes halogenated alkanes) is 1. The number of aryl methyl sites for hydroxylation is 1. The Kier molecular flexibility index (Phi) is 9.25. The van der Waals surface area contributed by atoms with Crippen molar-refractivity contribution < 1.29 is 53.7 Å². The van der Waals surface area contributed by atoms with E-state index in [2.05, 4.69) is 30.7 Å². The van der Waals surface area contributed by atoms with E-state index < -0.39 is 37.2 Å². The average Bonchev–Trinajstić information content (AvgIpc) is 3.20. The smallest absolute Gasteiger partial charge is 0.435 e. The van der Waals surface area contributed by atoms with E-state index in [4.69, 9.17) is 9.47 Å². The second-order valence-corrected chi connectivity index (χ2v) is 11.8. The Morgan fingerprint density at radius 1 is 0.829 bits per heavy atom. The summed E-state index contributed by atoms with van der Waals surface area (Å²) in [5.41, 5.74) is -3.62. The zero-order chi connectivity index (χ0) is 30.3. The van der Waals surface area contributed by atoms with Gasteiger partial charge in [-0.1, -0.05) is 19.9 Å². The second-order valence-electron chi connectivity index (χ2n) is 11.8. The van der Waals surface area contributed by atoms with Gasteiger partial charge in [-0.2, -0.15) is 39.5 Å². The van der Waals surface area contributed by atoms with Crippen molar-refractivity contribution in [2.45, 2.75) is 108 Å². The van der Waals surface area contributed by atoms with Crippen LogP contribution in [0.4, 0.5) is 39.5 Å². The van der Waals surface area contributed by atoms with Crippen molar-refractivity contribution in [3.8, 4) is 5.75 Å². The summed E-state index contributed by atoms with van der Waals surface area (Å²) >= 11 is 0. The van der Waals surface area contributed by atoms with E-state index in [9.17, 15) is 39.5 Å². The third-order valence-corrected chi connectivity index (χ3v) is 9.46. The Bertz CT molecular complexity index is 1000. The molecule has 5 unspecified atom stereocenters. The van der Waals surface area contributed by atoms with Crippen molar-refractivity contribution in [3.63, 3.8) is 0 Å². The van der Waals surface area contributed by atoms with Gasteiger partial charge >= 0.3 is 24.1 Å². The Morgan fingerprint density at radius 3 is 2.12 bits per heavy atom. The van der Waals surface area contributed by atoms with Crippen molar-refractivity contribution >= 4 is 0 Å². The lowest BCUT2D eigenvalue weighted by Crippen LogP contribution is -2.67. The number of fused-ring (bicyclic) bond motifs is 5. The van der Waals surface area contributed by atoms with Gasteiger partial charge < -0.3 is 14.2 Å². The highest BCUT2D eigenvalue weighted by Gasteiger charge is 2.85. The van der Waals surface area contributed by atoms with Crippen LogP contribution in [0.1, 0.15) is 82.3 Å². The molecule has 0 aliphatic heterocycles. The van der Waals surface area contributed by atoms with Gasteiger partial charge in [0.25, 0.3) is 0 Å². The van der Waals surface area contributed by atoms with Crippen molar-refractivity contribution in [2.24, 2.45) is 17.3 Å². The molecule has 3 aliphatic rings. The molecular weight excluding hydrogens is 567 g/mol. The topological polar surface area (TPSA) is 27.7 Å². The highest BCUT2D eigenvalue weighted by molar-refractivity contribution is 5.40. The lowest BCUT2D eigenvalue weighted by atomic mass is 9.55. The summed E-state index contributed by atoms with van der Waals surface area (Å²) in [5.74, 6) is 2.25. The second kappa shape index (κ2) is 11.8. The number of alkyl halides is 9. The minimum Gasteiger partial charge on any atom is -0.494 e. The average molecular weight is 605 g/mol. The summed E-state index contributed by atoms with van der Waals surface area (Å²) in [7, 11) is 0. The van der Waals surface area contributed by atoms with Crippen LogP contribution >= 0.6 is 0 Å². The summed E-state index contributed by atoms with van der Waals surface area (Å²) in [6.45, 7) is 3.59. The normalized spacial score (nSPS) is 28.7.